The highest BCUT2D eigenvalue weighted by molar-refractivity contribution is 5.85. The summed E-state index contributed by atoms with van der Waals surface area (Å²) < 4.78 is 1.79. The van der Waals surface area contributed by atoms with Crippen LogP contribution in [0.3, 0.4) is 0 Å². The first kappa shape index (κ1) is 18.6. The molecule has 1 saturated heterocycles. The number of amides is 1. The summed E-state index contributed by atoms with van der Waals surface area (Å²) in [5, 5.41) is 11.0. The third-order valence-corrected chi connectivity index (χ3v) is 5.18. The first-order valence-corrected chi connectivity index (χ1v) is 9.43. The standard InChI is InChI=1S/C18H29N7O/c1-14-6-4-9-24(12-14)10-5-7-20-18(26)15(2)23(3)16-17-22-21-13-25(17)11-8-19-16/h8,11,13-15H,4-7,9-10,12H2,1-3H3,(H,20,26)/t14-,15+/m0/s1. The molecule has 0 radical (unpaired) electrons. The SMILES string of the molecule is C[C@H]1CCCN(CCCNC(=O)[C@@H](C)N(C)c2nccn3cnnc23)C1. The van der Waals surface area contributed by atoms with Gasteiger partial charge in [0.25, 0.3) is 0 Å². The van der Waals surface area contributed by atoms with Crippen molar-refractivity contribution in [1.29, 1.82) is 0 Å². The maximum absolute atomic E-state index is 12.5. The van der Waals surface area contributed by atoms with Gasteiger partial charge in [-0.05, 0) is 45.2 Å². The van der Waals surface area contributed by atoms with E-state index in [1.807, 2.05) is 18.9 Å². The van der Waals surface area contributed by atoms with Crippen molar-refractivity contribution in [3.8, 4) is 0 Å². The Balaban J connectivity index is 1.47. The third kappa shape index (κ3) is 4.30. The van der Waals surface area contributed by atoms with Crippen LogP contribution >= 0.6 is 0 Å². The van der Waals surface area contributed by atoms with E-state index in [1.54, 1.807) is 23.1 Å². The van der Waals surface area contributed by atoms with Crippen LogP contribution in [0, 0.1) is 5.92 Å². The predicted molar refractivity (Wildman–Crippen MR) is 101 cm³/mol. The Morgan fingerprint density at radius 2 is 2.35 bits per heavy atom. The van der Waals surface area contributed by atoms with Gasteiger partial charge in [0.1, 0.15) is 12.4 Å². The first-order chi connectivity index (χ1) is 12.6. The van der Waals surface area contributed by atoms with Crippen molar-refractivity contribution in [2.45, 2.75) is 39.2 Å². The molecule has 1 N–H and O–H groups in total. The molecule has 1 fully saturated rings. The van der Waals surface area contributed by atoms with Crippen LogP contribution in [0.2, 0.25) is 0 Å². The van der Waals surface area contributed by atoms with Gasteiger partial charge in [0.2, 0.25) is 11.6 Å². The smallest absolute Gasteiger partial charge is 0.242 e. The van der Waals surface area contributed by atoms with E-state index in [2.05, 4.69) is 32.3 Å². The molecule has 2 aromatic rings. The highest BCUT2D eigenvalue weighted by Gasteiger charge is 2.22. The molecule has 26 heavy (non-hydrogen) atoms. The van der Waals surface area contributed by atoms with E-state index < -0.39 is 0 Å². The van der Waals surface area contributed by atoms with Crippen LogP contribution in [0.5, 0.6) is 0 Å². The zero-order chi connectivity index (χ0) is 18.5. The largest absolute Gasteiger partial charge is 0.354 e. The second-order valence-corrected chi connectivity index (χ2v) is 7.29. The van der Waals surface area contributed by atoms with Gasteiger partial charge in [-0.2, -0.15) is 0 Å². The van der Waals surface area contributed by atoms with Gasteiger partial charge < -0.3 is 15.1 Å². The van der Waals surface area contributed by atoms with E-state index in [4.69, 9.17) is 0 Å². The lowest BCUT2D eigenvalue weighted by molar-refractivity contribution is -0.122. The van der Waals surface area contributed by atoms with Crippen LogP contribution in [-0.2, 0) is 4.79 Å². The molecule has 142 valence electrons. The highest BCUT2D eigenvalue weighted by atomic mass is 16.2. The maximum atomic E-state index is 12.5. The minimum absolute atomic E-state index is 0.00262. The Morgan fingerprint density at radius 3 is 3.15 bits per heavy atom. The van der Waals surface area contributed by atoms with Gasteiger partial charge in [0, 0.05) is 32.5 Å². The topological polar surface area (TPSA) is 78.7 Å². The number of aromatic nitrogens is 4. The van der Waals surface area contributed by atoms with Crippen LogP contribution in [0.15, 0.2) is 18.7 Å². The van der Waals surface area contributed by atoms with E-state index in [1.165, 1.54) is 25.9 Å². The number of carbonyl (C=O) groups is 1. The molecule has 0 aromatic carbocycles. The molecule has 2 atom stereocenters. The van der Waals surface area contributed by atoms with Crippen molar-refractivity contribution in [3.05, 3.63) is 18.7 Å². The number of anilines is 1. The van der Waals surface area contributed by atoms with E-state index in [9.17, 15) is 4.79 Å². The fraction of sp³-hybridized carbons (Fsp3) is 0.667. The van der Waals surface area contributed by atoms with Crippen LogP contribution in [-0.4, -0.2) is 69.7 Å². The molecule has 1 aliphatic rings. The van der Waals surface area contributed by atoms with Crippen LogP contribution in [0.4, 0.5) is 5.82 Å². The number of piperidine rings is 1. The lowest BCUT2D eigenvalue weighted by Gasteiger charge is -2.30. The summed E-state index contributed by atoms with van der Waals surface area (Å²) in [7, 11) is 1.86. The second-order valence-electron chi connectivity index (χ2n) is 7.29. The molecule has 3 heterocycles. The van der Waals surface area contributed by atoms with Gasteiger partial charge in [-0.3, -0.25) is 9.20 Å². The number of rotatable bonds is 7. The monoisotopic (exact) mass is 359 g/mol. The van der Waals surface area contributed by atoms with E-state index in [0.29, 0.717) is 18.0 Å². The van der Waals surface area contributed by atoms with Gasteiger partial charge in [-0.1, -0.05) is 6.92 Å². The molecule has 1 amide bonds. The number of nitrogens with zero attached hydrogens (tertiary/aromatic N) is 6. The number of nitrogens with one attached hydrogen (secondary N) is 1. The van der Waals surface area contributed by atoms with Crippen molar-refractivity contribution in [1.82, 2.24) is 29.8 Å². The van der Waals surface area contributed by atoms with E-state index in [0.717, 1.165) is 18.9 Å². The molecule has 1 aliphatic heterocycles. The number of hydrogen-bond acceptors (Lipinski definition) is 6. The lowest BCUT2D eigenvalue weighted by atomic mass is 10.0. The molecule has 0 spiro atoms. The fourth-order valence-electron chi connectivity index (χ4n) is 3.51. The molecule has 0 saturated carbocycles. The Bertz CT molecular complexity index is 731. The Hall–Kier alpha value is -2.22. The van der Waals surface area contributed by atoms with Crippen molar-refractivity contribution in [2.24, 2.45) is 5.92 Å². The summed E-state index contributed by atoms with van der Waals surface area (Å²) >= 11 is 0. The molecule has 8 nitrogen and oxygen atoms in total. The van der Waals surface area contributed by atoms with Crippen LogP contribution in [0.1, 0.15) is 33.1 Å². The number of likely N-dealkylation sites (N-methyl/N-ethyl adjacent to an activating group) is 1. The maximum Gasteiger partial charge on any atom is 0.242 e. The summed E-state index contributed by atoms with van der Waals surface area (Å²) in [6.07, 6.45) is 8.71. The molecular formula is C18H29N7O. The van der Waals surface area contributed by atoms with Gasteiger partial charge >= 0.3 is 0 Å². The zero-order valence-corrected chi connectivity index (χ0v) is 15.9. The molecule has 2 aromatic heterocycles. The minimum atomic E-state index is -0.333. The average Bonchev–Trinajstić information content (AvgIpc) is 3.12. The first-order valence-electron chi connectivity index (χ1n) is 9.43. The lowest BCUT2D eigenvalue weighted by Crippen LogP contribution is -2.44. The minimum Gasteiger partial charge on any atom is -0.354 e. The number of likely N-dealkylation sites (tertiary alicyclic amines) is 1. The highest BCUT2D eigenvalue weighted by Crippen LogP contribution is 2.17. The molecule has 3 rings (SSSR count). The molecular weight excluding hydrogens is 330 g/mol. The van der Waals surface area contributed by atoms with Crippen molar-refractivity contribution >= 4 is 17.4 Å². The van der Waals surface area contributed by atoms with Crippen molar-refractivity contribution in [3.63, 3.8) is 0 Å². The fourth-order valence-corrected chi connectivity index (χ4v) is 3.51. The second kappa shape index (κ2) is 8.44. The van der Waals surface area contributed by atoms with E-state index in [-0.39, 0.29) is 11.9 Å². The van der Waals surface area contributed by atoms with Crippen LogP contribution < -0.4 is 10.2 Å². The summed E-state index contributed by atoms with van der Waals surface area (Å²) in [5.74, 6) is 1.44. The van der Waals surface area contributed by atoms with Crippen LogP contribution in [0.25, 0.3) is 5.65 Å². The third-order valence-electron chi connectivity index (χ3n) is 5.18. The number of fused-ring (bicyclic) bond motifs is 1. The zero-order valence-electron chi connectivity index (χ0n) is 15.9. The summed E-state index contributed by atoms with van der Waals surface area (Å²) in [6, 6.07) is -0.333. The Kier molecular flexibility index (Phi) is 6.03. The van der Waals surface area contributed by atoms with Gasteiger partial charge in [-0.25, -0.2) is 4.98 Å². The van der Waals surface area contributed by atoms with Gasteiger partial charge in [-0.15, -0.1) is 10.2 Å². The van der Waals surface area contributed by atoms with Crippen molar-refractivity contribution < 1.29 is 4.79 Å². The van der Waals surface area contributed by atoms with Gasteiger partial charge in [0.05, 0.1) is 0 Å². The Labute approximate surface area is 154 Å². The summed E-state index contributed by atoms with van der Waals surface area (Å²) in [4.78, 5) is 21.2. The normalized spacial score (nSPS) is 19.4. The quantitative estimate of drug-likeness (QED) is 0.748. The molecule has 0 aliphatic carbocycles. The van der Waals surface area contributed by atoms with E-state index >= 15 is 0 Å². The van der Waals surface area contributed by atoms with Crippen molar-refractivity contribution in [2.75, 3.05) is 38.1 Å². The summed E-state index contributed by atoms with van der Waals surface area (Å²) in [5.41, 5.74) is 0.647. The molecule has 0 bridgehead atoms. The molecule has 0 unspecified atom stereocenters. The Morgan fingerprint density at radius 1 is 1.50 bits per heavy atom. The predicted octanol–water partition coefficient (Wildman–Crippen LogP) is 1.19. The summed E-state index contributed by atoms with van der Waals surface area (Å²) in [6.45, 7) is 8.31. The number of hydrogen-bond donors (Lipinski definition) is 1. The number of carbonyl (C=O) groups excluding carboxylic acids is 1. The molecule has 8 heteroatoms. The van der Waals surface area contributed by atoms with Gasteiger partial charge in [0.15, 0.2) is 5.82 Å². The average molecular weight is 359 g/mol.